The first kappa shape index (κ1) is 13.0. The van der Waals surface area contributed by atoms with Gasteiger partial charge >= 0.3 is 6.18 Å². The molecule has 1 aromatic rings. The first-order valence-corrected chi connectivity index (χ1v) is 5.35. The predicted molar refractivity (Wildman–Crippen MR) is 58.1 cm³/mol. The molecule has 4 heteroatoms. The maximum absolute atomic E-state index is 12.5. The summed E-state index contributed by atoms with van der Waals surface area (Å²) in [6.45, 7) is 6.24. The van der Waals surface area contributed by atoms with Crippen LogP contribution >= 0.6 is 0 Å². The van der Waals surface area contributed by atoms with Crippen molar-refractivity contribution < 1.29 is 13.2 Å². The summed E-state index contributed by atoms with van der Waals surface area (Å²) in [5.41, 5.74) is 0.135. The van der Waals surface area contributed by atoms with E-state index < -0.39 is 11.7 Å². The lowest BCUT2D eigenvalue weighted by molar-refractivity contribution is -0.137. The smallest absolute Gasteiger partial charge is 0.300 e. The van der Waals surface area contributed by atoms with Gasteiger partial charge in [-0.15, -0.1) is 0 Å². The van der Waals surface area contributed by atoms with Crippen molar-refractivity contribution in [2.75, 3.05) is 13.1 Å². The highest BCUT2D eigenvalue weighted by Gasteiger charge is 2.30. The topological polar surface area (TPSA) is 3.24 Å². The van der Waals surface area contributed by atoms with Gasteiger partial charge in [0, 0.05) is 6.54 Å². The highest BCUT2D eigenvalue weighted by molar-refractivity contribution is 5.25. The lowest BCUT2D eigenvalue weighted by atomic mass is 10.1. The molecule has 0 aromatic heterocycles. The lowest BCUT2D eigenvalue weighted by Gasteiger charge is -2.18. The number of halogens is 3. The van der Waals surface area contributed by atoms with E-state index in [0.29, 0.717) is 12.1 Å². The number of alkyl halides is 3. The molecule has 1 rings (SSSR count). The van der Waals surface area contributed by atoms with Crippen molar-refractivity contribution in [3.63, 3.8) is 0 Å². The van der Waals surface area contributed by atoms with Crippen LogP contribution < -0.4 is 0 Å². The Morgan fingerprint density at radius 3 is 2.25 bits per heavy atom. The Balaban J connectivity index is 2.82. The fraction of sp³-hybridized carbons (Fsp3) is 0.500. The molecule has 0 saturated carbocycles. The summed E-state index contributed by atoms with van der Waals surface area (Å²) < 4.78 is 37.4. The maximum atomic E-state index is 12.5. The summed E-state index contributed by atoms with van der Waals surface area (Å²) in [7, 11) is 0. The minimum absolute atomic E-state index is 0.566. The molecule has 0 saturated heterocycles. The van der Waals surface area contributed by atoms with E-state index in [4.69, 9.17) is 0 Å². The van der Waals surface area contributed by atoms with Crippen molar-refractivity contribution in [2.24, 2.45) is 0 Å². The molecule has 0 unspecified atom stereocenters. The quantitative estimate of drug-likeness (QED) is 0.766. The fourth-order valence-corrected chi connectivity index (χ4v) is 1.55. The molecule has 0 aliphatic carbocycles. The van der Waals surface area contributed by atoms with Crippen LogP contribution in [0.15, 0.2) is 24.3 Å². The van der Waals surface area contributed by atoms with Crippen LogP contribution in [0.3, 0.4) is 0 Å². The molecule has 0 fully saturated rings. The van der Waals surface area contributed by atoms with Crippen LogP contribution in [-0.2, 0) is 12.7 Å². The molecular formula is C12H16F3N. The molecule has 0 atom stereocenters. The monoisotopic (exact) mass is 231 g/mol. The van der Waals surface area contributed by atoms with Gasteiger partial charge in [-0.25, -0.2) is 0 Å². The first-order valence-electron chi connectivity index (χ1n) is 5.35. The zero-order valence-electron chi connectivity index (χ0n) is 9.51. The van der Waals surface area contributed by atoms with Crippen LogP contribution in [0.5, 0.6) is 0 Å². The van der Waals surface area contributed by atoms with E-state index in [1.165, 1.54) is 12.1 Å². The zero-order chi connectivity index (χ0) is 12.2. The number of hydrogen-bond acceptors (Lipinski definition) is 1. The van der Waals surface area contributed by atoms with Gasteiger partial charge in [0.1, 0.15) is 0 Å². The molecule has 90 valence electrons. The predicted octanol–water partition coefficient (Wildman–Crippen LogP) is 3.55. The number of benzene rings is 1. The van der Waals surface area contributed by atoms with E-state index in [1.807, 2.05) is 13.8 Å². The summed E-state index contributed by atoms with van der Waals surface area (Å²) in [5, 5.41) is 0. The molecule has 16 heavy (non-hydrogen) atoms. The third kappa shape index (κ3) is 3.52. The van der Waals surface area contributed by atoms with Crippen LogP contribution in [-0.4, -0.2) is 18.0 Å². The third-order valence-corrected chi connectivity index (χ3v) is 2.55. The highest BCUT2D eigenvalue weighted by atomic mass is 19.4. The van der Waals surface area contributed by atoms with Crippen LogP contribution in [0.25, 0.3) is 0 Å². The molecule has 0 heterocycles. The normalized spacial score (nSPS) is 12.1. The van der Waals surface area contributed by atoms with E-state index in [0.717, 1.165) is 19.2 Å². The molecule has 0 spiro atoms. The Morgan fingerprint density at radius 1 is 1.12 bits per heavy atom. The Morgan fingerprint density at radius 2 is 1.75 bits per heavy atom. The van der Waals surface area contributed by atoms with Gasteiger partial charge in [-0.3, -0.25) is 4.90 Å². The van der Waals surface area contributed by atoms with E-state index in [9.17, 15) is 13.2 Å². The number of rotatable bonds is 4. The van der Waals surface area contributed by atoms with Crippen molar-refractivity contribution >= 4 is 0 Å². The van der Waals surface area contributed by atoms with Crippen LogP contribution in [0.2, 0.25) is 0 Å². The van der Waals surface area contributed by atoms with Crippen molar-refractivity contribution in [3.05, 3.63) is 35.4 Å². The van der Waals surface area contributed by atoms with Gasteiger partial charge in [0.2, 0.25) is 0 Å². The summed E-state index contributed by atoms with van der Waals surface area (Å²) in [5.74, 6) is 0. The fourth-order valence-electron chi connectivity index (χ4n) is 1.55. The zero-order valence-corrected chi connectivity index (χ0v) is 9.51. The van der Waals surface area contributed by atoms with Crippen LogP contribution in [0.4, 0.5) is 13.2 Å². The van der Waals surface area contributed by atoms with Gasteiger partial charge in [-0.1, -0.05) is 32.0 Å². The van der Waals surface area contributed by atoms with Gasteiger partial charge in [0.05, 0.1) is 5.56 Å². The Hall–Kier alpha value is -1.03. The SMILES string of the molecule is CCN(CC)Cc1cccc(C(F)(F)F)c1. The first-order chi connectivity index (χ1) is 7.47. The highest BCUT2D eigenvalue weighted by Crippen LogP contribution is 2.29. The van der Waals surface area contributed by atoms with E-state index >= 15 is 0 Å². The van der Waals surface area contributed by atoms with Crippen molar-refractivity contribution in [3.8, 4) is 0 Å². The summed E-state index contributed by atoms with van der Waals surface area (Å²) in [4.78, 5) is 2.08. The van der Waals surface area contributed by atoms with Gasteiger partial charge < -0.3 is 0 Å². The molecule has 0 aliphatic rings. The maximum Gasteiger partial charge on any atom is 0.416 e. The number of nitrogens with zero attached hydrogens (tertiary/aromatic N) is 1. The Kier molecular flexibility index (Phi) is 4.35. The molecule has 0 bridgehead atoms. The second kappa shape index (κ2) is 5.34. The van der Waals surface area contributed by atoms with Gasteiger partial charge in [-0.2, -0.15) is 13.2 Å². The Labute approximate surface area is 93.9 Å². The van der Waals surface area contributed by atoms with Gasteiger partial charge in [0.15, 0.2) is 0 Å². The minimum atomic E-state index is -4.25. The average molecular weight is 231 g/mol. The molecule has 1 nitrogen and oxygen atoms in total. The Bertz CT molecular complexity index is 329. The van der Waals surface area contributed by atoms with Crippen LogP contribution in [0, 0.1) is 0 Å². The molecule has 0 radical (unpaired) electrons. The molecule has 1 aromatic carbocycles. The standard InChI is InChI=1S/C12H16F3N/c1-3-16(4-2)9-10-6-5-7-11(8-10)12(13,14)15/h5-8H,3-4,9H2,1-2H3. The second-order valence-electron chi connectivity index (χ2n) is 3.66. The number of hydrogen-bond donors (Lipinski definition) is 0. The van der Waals surface area contributed by atoms with Gasteiger partial charge in [-0.05, 0) is 24.7 Å². The largest absolute Gasteiger partial charge is 0.416 e. The van der Waals surface area contributed by atoms with Crippen LogP contribution in [0.1, 0.15) is 25.0 Å². The van der Waals surface area contributed by atoms with Crippen molar-refractivity contribution in [2.45, 2.75) is 26.6 Å². The van der Waals surface area contributed by atoms with Gasteiger partial charge in [0.25, 0.3) is 0 Å². The minimum Gasteiger partial charge on any atom is -0.300 e. The summed E-state index contributed by atoms with van der Waals surface area (Å²) in [6.07, 6.45) is -4.25. The molecule has 0 aliphatic heterocycles. The summed E-state index contributed by atoms with van der Waals surface area (Å²) in [6, 6.07) is 5.51. The average Bonchev–Trinajstić information content (AvgIpc) is 2.25. The van der Waals surface area contributed by atoms with E-state index in [1.54, 1.807) is 6.07 Å². The molecule has 0 N–H and O–H groups in total. The third-order valence-electron chi connectivity index (χ3n) is 2.55. The lowest BCUT2D eigenvalue weighted by Crippen LogP contribution is -2.22. The second-order valence-corrected chi connectivity index (χ2v) is 3.66. The van der Waals surface area contributed by atoms with E-state index in [2.05, 4.69) is 4.90 Å². The molecular weight excluding hydrogens is 215 g/mol. The molecule has 0 amide bonds. The van der Waals surface area contributed by atoms with E-state index in [-0.39, 0.29) is 0 Å². The van der Waals surface area contributed by atoms with Crippen molar-refractivity contribution in [1.29, 1.82) is 0 Å². The summed E-state index contributed by atoms with van der Waals surface area (Å²) >= 11 is 0. The van der Waals surface area contributed by atoms with Crippen molar-refractivity contribution in [1.82, 2.24) is 4.90 Å².